The van der Waals surface area contributed by atoms with E-state index >= 15 is 0 Å². The average Bonchev–Trinajstić information content (AvgIpc) is 2.60. The molecule has 0 spiro atoms. The molecule has 1 aliphatic rings. The van der Waals surface area contributed by atoms with Gasteiger partial charge in [0.25, 0.3) is 0 Å². The number of benzene rings is 2. The monoisotopic (exact) mass is 363 g/mol. The van der Waals surface area contributed by atoms with Crippen molar-refractivity contribution in [2.75, 3.05) is 36.1 Å². The number of halogens is 2. The van der Waals surface area contributed by atoms with E-state index in [4.69, 9.17) is 23.2 Å². The van der Waals surface area contributed by atoms with E-state index in [-0.39, 0.29) is 0 Å². The summed E-state index contributed by atoms with van der Waals surface area (Å²) < 4.78 is 0. The van der Waals surface area contributed by atoms with Crippen LogP contribution in [0.15, 0.2) is 42.5 Å². The summed E-state index contributed by atoms with van der Waals surface area (Å²) in [6, 6.07) is 13.6. The fourth-order valence-electron chi connectivity index (χ4n) is 2.95. The molecule has 0 aromatic heterocycles. The van der Waals surface area contributed by atoms with Gasteiger partial charge in [-0.2, -0.15) is 0 Å². The molecule has 0 bridgehead atoms. The Morgan fingerprint density at radius 2 is 1.71 bits per heavy atom. The van der Waals surface area contributed by atoms with Crippen LogP contribution in [-0.2, 0) is 4.79 Å². The number of rotatable bonds is 4. The topological polar surface area (TPSA) is 26.8 Å². The second-order valence-corrected chi connectivity index (χ2v) is 6.59. The molecule has 24 heavy (non-hydrogen) atoms. The van der Waals surface area contributed by atoms with E-state index in [1.165, 1.54) is 0 Å². The van der Waals surface area contributed by atoms with Crippen LogP contribution >= 0.6 is 23.2 Å². The molecule has 126 valence electrons. The Balaban J connectivity index is 1.70. The summed E-state index contributed by atoms with van der Waals surface area (Å²) in [7, 11) is 0. The number of nitrogens with zero attached hydrogens (tertiary/aromatic N) is 3. The molecule has 4 nitrogen and oxygen atoms in total. The van der Waals surface area contributed by atoms with Crippen molar-refractivity contribution < 1.29 is 4.79 Å². The van der Waals surface area contributed by atoms with E-state index in [1.54, 1.807) is 5.01 Å². The number of carbonyl (C=O) groups excluding carboxylic acids is 1. The first-order valence-corrected chi connectivity index (χ1v) is 8.61. The molecule has 1 aliphatic heterocycles. The first kappa shape index (κ1) is 17.1. The van der Waals surface area contributed by atoms with Crippen molar-refractivity contribution in [3.8, 4) is 0 Å². The Hall–Kier alpha value is -1.75. The smallest absolute Gasteiger partial charge is 0.228 e. The van der Waals surface area contributed by atoms with Crippen LogP contribution in [0.1, 0.15) is 5.56 Å². The number of para-hydroxylation sites is 1. The average molecular weight is 364 g/mol. The van der Waals surface area contributed by atoms with Crippen LogP contribution in [0.2, 0.25) is 10.0 Å². The van der Waals surface area contributed by atoms with Gasteiger partial charge in [-0.05, 0) is 36.8 Å². The molecule has 0 saturated carbocycles. The number of amides is 1. The number of piperazine rings is 1. The molecule has 6 heteroatoms. The van der Waals surface area contributed by atoms with Gasteiger partial charge in [0.15, 0.2) is 0 Å². The van der Waals surface area contributed by atoms with Gasteiger partial charge >= 0.3 is 0 Å². The summed E-state index contributed by atoms with van der Waals surface area (Å²) in [6.45, 7) is 5.15. The standard InChI is InChI=1S/C18H19Cl2N3O/c1-14-4-2-3-5-18(14)23(13-24)22-10-8-21(9-11-22)15-6-7-16(19)17(20)12-15/h2-7,12-13H,8-11H2,1H3. The molecule has 1 saturated heterocycles. The van der Waals surface area contributed by atoms with Crippen molar-refractivity contribution in [1.82, 2.24) is 5.01 Å². The number of hydrogen-bond acceptors (Lipinski definition) is 3. The SMILES string of the molecule is Cc1ccccc1N(C=O)N1CCN(c2ccc(Cl)c(Cl)c2)CC1. The summed E-state index contributed by atoms with van der Waals surface area (Å²) in [6.07, 6.45) is 0.886. The van der Waals surface area contributed by atoms with Crippen LogP contribution in [0.5, 0.6) is 0 Å². The van der Waals surface area contributed by atoms with Gasteiger partial charge in [0.05, 0.1) is 15.7 Å². The highest BCUT2D eigenvalue weighted by Gasteiger charge is 2.23. The van der Waals surface area contributed by atoms with E-state index in [0.717, 1.165) is 49.5 Å². The van der Waals surface area contributed by atoms with Crippen LogP contribution < -0.4 is 9.91 Å². The van der Waals surface area contributed by atoms with Gasteiger partial charge < -0.3 is 4.90 Å². The van der Waals surface area contributed by atoms with Crippen LogP contribution in [0, 0.1) is 6.92 Å². The number of carbonyl (C=O) groups is 1. The summed E-state index contributed by atoms with van der Waals surface area (Å²) in [5.74, 6) is 0. The summed E-state index contributed by atoms with van der Waals surface area (Å²) in [5.41, 5.74) is 3.06. The maximum Gasteiger partial charge on any atom is 0.228 e. The highest BCUT2D eigenvalue weighted by molar-refractivity contribution is 6.42. The maximum atomic E-state index is 11.6. The second-order valence-electron chi connectivity index (χ2n) is 5.78. The molecule has 0 N–H and O–H groups in total. The van der Waals surface area contributed by atoms with Crippen LogP contribution in [-0.4, -0.2) is 37.6 Å². The molecule has 0 aliphatic carbocycles. The van der Waals surface area contributed by atoms with Gasteiger partial charge in [0.2, 0.25) is 6.41 Å². The van der Waals surface area contributed by atoms with Crippen molar-refractivity contribution in [2.24, 2.45) is 0 Å². The first-order valence-electron chi connectivity index (χ1n) is 7.85. The molecule has 1 amide bonds. The summed E-state index contributed by atoms with van der Waals surface area (Å²) in [5, 5.41) is 4.90. The zero-order chi connectivity index (χ0) is 17.1. The highest BCUT2D eigenvalue weighted by Crippen LogP contribution is 2.28. The van der Waals surface area contributed by atoms with Crippen molar-refractivity contribution in [1.29, 1.82) is 0 Å². The highest BCUT2D eigenvalue weighted by atomic mass is 35.5. The molecule has 0 radical (unpaired) electrons. The van der Waals surface area contributed by atoms with E-state index in [1.807, 2.05) is 49.4 Å². The molecule has 2 aromatic carbocycles. The van der Waals surface area contributed by atoms with Gasteiger partial charge in [0.1, 0.15) is 0 Å². The van der Waals surface area contributed by atoms with Gasteiger partial charge in [-0.15, -0.1) is 0 Å². The maximum absolute atomic E-state index is 11.6. The fourth-order valence-corrected chi connectivity index (χ4v) is 3.24. The first-order chi connectivity index (χ1) is 11.6. The normalized spacial score (nSPS) is 15.4. The molecule has 2 aromatic rings. The van der Waals surface area contributed by atoms with Crippen LogP contribution in [0.4, 0.5) is 11.4 Å². The number of hydrogen-bond donors (Lipinski definition) is 0. The number of aryl methyl sites for hydroxylation is 1. The third kappa shape index (κ3) is 3.51. The Labute approximate surface area is 152 Å². The van der Waals surface area contributed by atoms with Crippen molar-refractivity contribution >= 4 is 41.0 Å². The molecule has 1 fully saturated rings. The number of hydrazine groups is 1. The van der Waals surface area contributed by atoms with Gasteiger partial charge in [-0.3, -0.25) is 4.79 Å². The minimum atomic E-state index is 0.561. The lowest BCUT2D eigenvalue weighted by Gasteiger charge is -2.40. The lowest BCUT2D eigenvalue weighted by Crippen LogP contribution is -2.54. The van der Waals surface area contributed by atoms with E-state index < -0.39 is 0 Å². The van der Waals surface area contributed by atoms with Crippen molar-refractivity contribution in [2.45, 2.75) is 6.92 Å². The van der Waals surface area contributed by atoms with Gasteiger partial charge in [-0.25, -0.2) is 10.0 Å². The third-order valence-corrected chi connectivity index (χ3v) is 5.03. The minimum absolute atomic E-state index is 0.561. The Morgan fingerprint density at radius 1 is 1.00 bits per heavy atom. The summed E-state index contributed by atoms with van der Waals surface area (Å²) in [4.78, 5) is 13.9. The van der Waals surface area contributed by atoms with E-state index in [0.29, 0.717) is 10.0 Å². The zero-order valence-electron chi connectivity index (χ0n) is 13.5. The van der Waals surface area contributed by atoms with Crippen molar-refractivity contribution in [3.63, 3.8) is 0 Å². The van der Waals surface area contributed by atoms with E-state index in [2.05, 4.69) is 9.91 Å². The second kappa shape index (κ2) is 7.43. The minimum Gasteiger partial charge on any atom is -0.369 e. The van der Waals surface area contributed by atoms with Crippen LogP contribution in [0.25, 0.3) is 0 Å². The molecular formula is C18H19Cl2N3O. The molecule has 1 heterocycles. The predicted octanol–water partition coefficient (Wildman–Crippen LogP) is 4.00. The largest absolute Gasteiger partial charge is 0.369 e. The fraction of sp³-hybridized carbons (Fsp3) is 0.278. The molecule has 0 unspecified atom stereocenters. The third-order valence-electron chi connectivity index (χ3n) is 4.29. The van der Waals surface area contributed by atoms with Crippen LogP contribution in [0.3, 0.4) is 0 Å². The van der Waals surface area contributed by atoms with Gasteiger partial charge in [0, 0.05) is 31.9 Å². The molecule has 3 rings (SSSR count). The van der Waals surface area contributed by atoms with Gasteiger partial charge in [-0.1, -0.05) is 41.4 Å². The lowest BCUT2D eigenvalue weighted by atomic mass is 10.2. The quantitative estimate of drug-likeness (QED) is 0.768. The Bertz CT molecular complexity index is 730. The Kier molecular flexibility index (Phi) is 5.29. The lowest BCUT2D eigenvalue weighted by molar-refractivity contribution is -0.110. The molecular weight excluding hydrogens is 345 g/mol. The number of anilines is 2. The predicted molar refractivity (Wildman–Crippen MR) is 100.0 cm³/mol. The van der Waals surface area contributed by atoms with Crippen molar-refractivity contribution in [3.05, 3.63) is 58.1 Å². The Morgan fingerprint density at radius 3 is 2.33 bits per heavy atom. The van der Waals surface area contributed by atoms with E-state index in [9.17, 15) is 4.79 Å². The molecule has 0 atom stereocenters. The zero-order valence-corrected chi connectivity index (χ0v) is 15.0. The summed E-state index contributed by atoms with van der Waals surface area (Å²) >= 11 is 12.1.